The van der Waals surface area contributed by atoms with Gasteiger partial charge in [-0.1, -0.05) is 30.7 Å². The molecule has 0 radical (unpaired) electrons. The second-order valence-electron chi connectivity index (χ2n) is 5.30. The second kappa shape index (κ2) is 4.80. The molecule has 5 heteroatoms. The van der Waals surface area contributed by atoms with Crippen molar-refractivity contribution in [1.82, 2.24) is 0 Å². The molecule has 106 valence electrons. The Kier molecular flexibility index (Phi) is 3.62. The lowest BCUT2D eigenvalue weighted by molar-refractivity contribution is -0.272. The zero-order valence-corrected chi connectivity index (χ0v) is 10.7. The summed E-state index contributed by atoms with van der Waals surface area (Å²) in [4.78, 5) is 0. The Labute approximate surface area is 110 Å². The van der Waals surface area contributed by atoms with Gasteiger partial charge in [0.25, 0.3) is 0 Å². The third-order valence-corrected chi connectivity index (χ3v) is 4.02. The number of rotatable bonds is 3. The quantitative estimate of drug-likeness (QED) is 0.889. The molecule has 2 nitrogen and oxygen atoms in total. The van der Waals surface area contributed by atoms with Crippen LogP contribution in [0.25, 0.3) is 0 Å². The predicted molar refractivity (Wildman–Crippen MR) is 66.6 cm³/mol. The van der Waals surface area contributed by atoms with Gasteiger partial charge >= 0.3 is 6.18 Å². The van der Waals surface area contributed by atoms with Gasteiger partial charge in [-0.25, -0.2) is 0 Å². The van der Waals surface area contributed by atoms with E-state index < -0.39 is 17.8 Å². The van der Waals surface area contributed by atoms with E-state index in [0.717, 1.165) is 25.3 Å². The number of benzene rings is 1. The number of aliphatic hydroxyl groups is 1. The van der Waals surface area contributed by atoms with Crippen LogP contribution in [0.5, 0.6) is 0 Å². The first-order valence-electron chi connectivity index (χ1n) is 6.42. The molecule has 2 unspecified atom stereocenters. The van der Waals surface area contributed by atoms with Gasteiger partial charge in [-0.3, -0.25) is 0 Å². The zero-order valence-electron chi connectivity index (χ0n) is 10.7. The maximum Gasteiger partial charge on any atom is 0.422 e. The second-order valence-corrected chi connectivity index (χ2v) is 5.30. The topological polar surface area (TPSA) is 46.2 Å². The van der Waals surface area contributed by atoms with Gasteiger partial charge in [0.1, 0.15) is 0 Å². The average Bonchev–Trinajstić information content (AvgIpc) is 2.24. The molecule has 1 fully saturated rings. The van der Waals surface area contributed by atoms with Crippen molar-refractivity contribution in [3.05, 3.63) is 35.4 Å². The normalized spacial score (nSPS) is 21.6. The lowest BCUT2D eigenvalue weighted by Crippen LogP contribution is -2.54. The first-order chi connectivity index (χ1) is 8.76. The summed E-state index contributed by atoms with van der Waals surface area (Å²) in [5.41, 5.74) is 3.19. The minimum absolute atomic E-state index is 0.196. The van der Waals surface area contributed by atoms with E-state index >= 15 is 0 Å². The smallest absolute Gasteiger partial charge is 0.375 e. The molecule has 2 atom stereocenters. The lowest BCUT2D eigenvalue weighted by atomic mass is 9.78. The molecule has 0 saturated heterocycles. The summed E-state index contributed by atoms with van der Waals surface area (Å²) in [6, 6.07) is 4.58. The first-order valence-corrected chi connectivity index (χ1v) is 6.42. The number of hydrogen-bond acceptors (Lipinski definition) is 2. The summed E-state index contributed by atoms with van der Waals surface area (Å²) in [7, 11) is 0. The van der Waals surface area contributed by atoms with Crippen LogP contribution < -0.4 is 5.73 Å². The summed E-state index contributed by atoms with van der Waals surface area (Å²) < 4.78 is 39.1. The summed E-state index contributed by atoms with van der Waals surface area (Å²) in [5, 5.41) is 9.95. The van der Waals surface area contributed by atoms with Crippen molar-refractivity contribution in [3.63, 3.8) is 0 Å². The minimum atomic E-state index is -4.79. The van der Waals surface area contributed by atoms with E-state index in [9.17, 15) is 18.3 Å². The summed E-state index contributed by atoms with van der Waals surface area (Å²) in [5.74, 6) is 0.448. The van der Waals surface area contributed by atoms with Crippen LogP contribution in [0.15, 0.2) is 24.3 Å². The molecule has 0 spiro atoms. The highest BCUT2D eigenvalue weighted by atomic mass is 19.4. The SMILES string of the molecule is CC(N)C(O)(c1ccc(C2CCC2)cc1)C(F)(F)F. The molecule has 0 heterocycles. The monoisotopic (exact) mass is 273 g/mol. The van der Waals surface area contributed by atoms with Crippen molar-refractivity contribution in [1.29, 1.82) is 0 Å². The van der Waals surface area contributed by atoms with Crippen molar-refractivity contribution >= 4 is 0 Å². The Morgan fingerprint density at radius 3 is 2.05 bits per heavy atom. The van der Waals surface area contributed by atoms with Gasteiger partial charge in [0.05, 0.1) is 0 Å². The van der Waals surface area contributed by atoms with E-state index in [2.05, 4.69) is 0 Å². The number of hydrogen-bond donors (Lipinski definition) is 2. The maximum absolute atomic E-state index is 13.0. The van der Waals surface area contributed by atoms with E-state index in [4.69, 9.17) is 5.73 Å². The molecule has 3 N–H and O–H groups in total. The molecular formula is C14H18F3NO. The van der Waals surface area contributed by atoms with E-state index in [0.29, 0.717) is 5.92 Å². The molecule has 0 amide bonds. The van der Waals surface area contributed by atoms with Gasteiger partial charge in [-0.05, 0) is 36.8 Å². The first kappa shape index (κ1) is 14.3. The zero-order chi connectivity index (χ0) is 14.3. The Morgan fingerprint density at radius 2 is 1.74 bits per heavy atom. The Morgan fingerprint density at radius 1 is 1.21 bits per heavy atom. The van der Waals surface area contributed by atoms with Crippen LogP contribution in [-0.4, -0.2) is 17.3 Å². The summed E-state index contributed by atoms with van der Waals surface area (Å²) >= 11 is 0. The average molecular weight is 273 g/mol. The molecule has 0 aliphatic heterocycles. The number of halogens is 3. The van der Waals surface area contributed by atoms with Gasteiger partial charge < -0.3 is 10.8 Å². The standard InChI is InChI=1S/C14H18F3NO/c1-9(18)13(19,14(15,16)17)12-7-5-11(6-8-12)10-3-2-4-10/h5-10,19H,2-4,18H2,1H3. The highest BCUT2D eigenvalue weighted by Gasteiger charge is 2.57. The fourth-order valence-corrected chi connectivity index (χ4v) is 2.44. The van der Waals surface area contributed by atoms with Gasteiger partial charge in [0.2, 0.25) is 5.60 Å². The molecule has 1 aromatic carbocycles. The summed E-state index contributed by atoms with van der Waals surface area (Å²) in [6.45, 7) is 1.16. The van der Waals surface area contributed by atoms with E-state index in [1.807, 2.05) is 0 Å². The van der Waals surface area contributed by atoms with Crippen LogP contribution in [-0.2, 0) is 5.60 Å². The highest BCUT2D eigenvalue weighted by Crippen LogP contribution is 2.42. The van der Waals surface area contributed by atoms with E-state index in [1.165, 1.54) is 18.6 Å². The van der Waals surface area contributed by atoms with Crippen molar-refractivity contribution in [2.45, 2.75) is 49.9 Å². The largest absolute Gasteiger partial charge is 0.422 e. The van der Waals surface area contributed by atoms with Crippen LogP contribution in [0.3, 0.4) is 0 Å². The molecule has 1 aliphatic rings. The van der Waals surface area contributed by atoms with Gasteiger partial charge in [-0.2, -0.15) is 13.2 Å². The van der Waals surface area contributed by atoms with Crippen LogP contribution in [0.1, 0.15) is 43.2 Å². The van der Waals surface area contributed by atoms with Gasteiger partial charge in [0.15, 0.2) is 0 Å². The Bertz CT molecular complexity index is 437. The van der Waals surface area contributed by atoms with Gasteiger partial charge in [0, 0.05) is 6.04 Å². The molecule has 0 aromatic heterocycles. The molecule has 1 aliphatic carbocycles. The van der Waals surface area contributed by atoms with Crippen molar-refractivity contribution < 1.29 is 18.3 Å². The fraction of sp³-hybridized carbons (Fsp3) is 0.571. The summed E-state index contributed by atoms with van der Waals surface area (Å²) in [6.07, 6.45) is -1.47. The third-order valence-electron chi connectivity index (χ3n) is 4.02. The highest BCUT2D eigenvalue weighted by molar-refractivity contribution is 5.32. The lowest BCUT2D eigenvalue weighted by Gasteiger charge is -2.34. The molecule has 0 bridgehead atoms. The number of alkyl halides is 3. The fourth-order valence-electron chi connectivity index (χ4n) is 2.44. The van der Waals surface area contributed by atoms with Crippen LogP contribution in [0.2, 0.25) is 0 Å². The third kappa shape index (κ3) is 2.37. The molecule has 19 heavy (non-hydrogen) atoms. The van der Waals surface area contributed by atoms with Crippen LogP contribution in [0, 0.1) is 0 Å². The molecular weight excluding hydrogens is 255 g/mol. The Balaban J connectivity index is 2.32. The van der Waals surface area contributed by atoms with Crippen molar-refractivity contribution in [2.24, 2.45) is 5.73 Å². The van der Waals surface area contributed by atoms with E-state index in [-0.39, 0.29) is 5.56 Å². The van der Waals surface area contributed by atoms with Gasteiger partial charge in [-0.15, -0.1) is 0 Å². The van der Waals surface area contributed by atoms with Crippen molar-refractivity contribution in [3.8, 4) is 0 Å². The molecule has 2 rings (SSSR count). The van der Waals surface area contributed by atoms with Crippen LogP contribution >= 0.6 is 0 Å². The number of nitrogens with two attached hydrogens (primary N) is 1. The van der Waals surface area contributed by atoms with Crippen molar-refractivity contribution in [2.75, 3.05) is 0 Å². The molecule has 1 aromatic rings. The minimum Gasteiger partial charge on any atom is -0.375 e. The van der Waals surface area contributed by atoms with E-state index in [1.54, 1.807) is 12.1 Å². The predicted octanol–water partition coefficient (Wildman–Crippen LogP) is 3.05. The maximum atomic E-state index is 13.0. The Hall–Kier alpha value is -1.07. The molecule has 1 saturated carbocycles. The van der Waals surface area contributed by atoms with Crippen LogP contribution in [0.4, 0.5) is 13.2 Å².